The van der Waals surface area contributed by atoms with E-state index in [1.165, 1.54) is 6.33 Å². The van der Waals surface area contributed by atoms with Crippen LogP contribution in [0.4, 0.5) is 11.5 Å². The van der Waals surface area contributed by atoms with Crippen LogP contribution in [0.15, 0.2) is 95.0 Å². The first kappa shape index (κ1) is 26.3. The number of aromatic hydroxyl groups is 1. The monoisotopic (exact) mass is 540 g/mol. The summed E-state index contributed by atoms with van der Waals surface area (Å²) in [5, 5.41) is 24.2. The smallest absolute Gasteiger partial charge is 0.165 e. The number of ether oxygens (including phenoxy) is 2. The number of pyridine rings is 1. The Hall–Kier alpha value is -4.34. The van der Waals surface area contributed by atoms with Gasteiger partial charge in [0, 0.05) is 21.4 Å². The fourth-order valence-corrected chi connectivity index (χ4v) is 4.80. The summed E-state index contributed by atoms with van der Waals surface area (Å²) in [7, 11) is 1.64. The number of para-hydroxylation sites is 1. The minimum Gasteiger partial charge on any atom is -0.508 e. The van der Waals surface area contributed by atoms with Crippen molar-refractivity contribution in [3.05, 3.63) is 96.4 Å². The molecule has 3 aromatic carbocycles. The van der Waals surface area contributed by atoms with E-state index in [2.05, 4.69) is 20.3 Å². The zero-order valence-corrected chi connectivity index (χ0v) is 22.6. The molecule has 0 saturated heterocycles. The van der Waals surface area contributed by atoms with Crippen LogP contribution >= 0.6 is 11.8 Å². The van der Waals surface area contributed by atoms with Crippen molar-refractivity contribution in [3.63, 3.8) is 0 Å². The van der Waals surface area contributed by atoms with Crippen LogP contribution in [0.3, 0.4) is 0 Å². The number of anilines is 2. The molecule has 0 aliphatic heterocycles. The van der Waals surface area contributed by atoms with E-state index >= 15 is 0 Å². The summed E-state index contributed by atoms with van der Waals surface area (Å²) >= 11 is 1.54. The van der Waals surface area contributed by atoms with Crippen LogP contribution in [0.2, 0.25) is 0 Å². The second kappa shape index (κ2) is 11.2. The molecule has 0 saturated carbocycles. The highest BCUT2D eigenvalue weighted by Gasteiger charge is 2.19. The highest BCUT2D eigenvalue weighted by atomic mass is 32.2. The lowest BCUT2D eigenvalue weighted by molar-refractivity contribution is 0.0741. The van der Waals surface area contributed by atoms with E-state index in [0.29, 0.717) is 34.9 Å². The number of hydrogen-bond donors (Lipinski definition) is 3. The van der Waals surface area contributed by atoms with Gasteiger partial charge in [0.25, 0.3) is 0 Å². The molecule has 0 unspecified atom stereocenters. The number of rotatable bonds is 9. The Labute approximate surface area is 230 Å². The maximum atomic E-state index is 10.4. The molecule has 0 atom stereocenters. The van der Waals surface area contributed by atoms with Crippen molar-refractivity contribution in [3.8, 4) is 17.2 Å². The van der Waals surface area contributed by atoms with Crippen LogP contribution in [-0.2, 0) is 12.2 Å². The number of phenols is 1. The van der Waals surface area contributed by atoms with Gasteiger partial charge in [0.05, 0.1) is 23.9 Å². The normalized spacial score (nSPS) is 11.4. The Balaban J connectivity index is 1.49. The predicted octanol–water partition coefficient (Wildman–Crippen LogP) is 6.44. The van der Waals surface area contributed by atoms with E-state index in [1.807, 2.05) is 60.7 Å². The molecular weight excluding hydrogens is 512 g/mol. The Bertz CT molecular complexity index is 1600. The molecule has 0 spiro atoms. The second-order valence-electron chi connectivity index (χ2n) is 9.33. The van der Waals surface area contributed by atoms with Gasteiger partial charge in [0.2, 0.25) is 0 Å². The van der Waals surface area contributed by atoms with Crippen molar-refractivity contribution in [1.29, 1.82) is 0 Å². The Morgan fingerprint density at radius 1 is 0.949 bits per heavy atom. The zero-order chi connectivity index (χ0) is 27.4. The van der Waals surface area contributed by atoms with E-state index in [1.54, 1.807) is 50.9 Å². The van der Waals surface area contributed by atoms with E-state index in [-0.39, 0.29) is 5.75 Å². The van der Waals surface area contributed by atoms with Gasteiger partial charge in [0.15, 0.2) is 5.65 Å². The van der Waals surface area contributed by atoms with Crippen LogP contribution in [0, 0.1) is 0 Å². The minimum absolute atomic E-state index is 0.211. The van der Waals surface area contributed by atoms with Gasteiger partial charge in [-0.3, -0.25) is 0 Å². The molecule has 5 aromatic rings. The van der Waals surface area contributed by atoms with Crippen LogP contribution in [-0.4, -0.2) is 32.3 Å². The number of methoxy groups -OCH3 is 1. The van der Waals surface area contributed by atoms with Gasteiger partial charge in [-0.15, -0.1) is 0 Å². The van der Waals surface area contributed by atoms with Crippen LogP contribution < -0.4 is 14.8 Å². The van der Waals surface area contributed by atoms with E-state index < -0.39 is 5.60 Å². The molecule has 2 heterocycles. The van der Waals surface area contributed by atoms with Crippen molar-refractivity contribution in [2.75, 3.05) is 12.4 Å². The third-order valence-corrected chi connectivity index (χ3v) is 7.06. The van der Waals surface area contributed by atoms with Gasteiger partial charge in [-0.05, 0) is 68.4 Å². The molecule has 198 valence electrons. The van der Waals surface area contributed by atoms with E-state index in [4.69, 9.17) is 9.47 Å². The molecule has 0 radical (unpaired) electrons. The third-order valence-electron chi connectivity index (χ3n) is 5.98. The summed E-state index contributed by atoms with van der Waals surface area (Å²) in [6.07, 6.45) is 1.45. The van der Waals surface area contributed by atoms with Crippen LogP contribution in [0.1, 0.15) is 25.1 Å². The molecule has 5 rings (SSSR count). The topological polar surface area (TPSA) is 110 Å². The number of aliphatic hydroxyl groups is 1. The van der Waals surface area contributed by atoms with Crippen molar-refractivity contribution in [1.82, 2.24) is 15.0 Å². The summed E-state index contributed by atoms with van der Waals surface area (Å²) in [5.41, 5.74) is 1.62. The number of nitrogens with one attached hydrogen (secondary N) is 1. The van der Waals surface area contributed by atoms with E-state index in [0.717, 1.165) is 26.8 Å². The van der Waals surface area contributed by atoms with Crippen LogP contribution in [0.5, 0.6) is 17.2 Å². The summed E-state index contributed by atoms with van der Waals surface area (Å²) in [6.45, 7) is 3.71. The van der Waals surface area contributed by atoms with Crippen molar-refractivity contribution in [2.45, 2.75) is 35.8 Å². The number of aromatic nitrogens is 3. The predicted molar refractivity (Wildman–Crippen MR) is 152 cm³/mol. The molecule has 39 heavy (non-hydrogen) atoms. The average molecular weight is 541 g/mol. The van der Waals surface area contributed by atoms with Crippen LogP contribution in [0.25, 0.3) is 11.0 Å². The number of nitrogens with zero attached hydrogens (tertiary/aromatic N) is 3. The van der Waals surface area contributed by atoms with Gasteiger partial charge < -0.3 is 25.0 Å². The Morgan fingerprint density at radius 3 is 2.51 bits per heavy atom. The molecule has 3 N–H and O–H groups in total. The number of fused-ring (bicyclic) bond motifs is 1. The molecule has 0 aliphatic rings. The van der Waals surface area contributed by atoms with Crippen molar-refractivity contribution < 1.29 is 19.7 Å². The molecule has 0 fully saturated rings. The third kappa shape index (κ3) is 6.22. The van der Waals surface area contributed by atoms with Gasteiger partial charge in [-0.25, -0.2) is 15.0 Å². The first-order valence-corrected chi connectivity index (χ1v) is 13.1. The maximum Gasteiger partial charge on any atom is 0.165 e. The SMILES string of the molecule is COc1ccccc1COc1ccc(Sc2ccc(O)cc2)c(Nc2ncnc3nc(C(C)(C)O)ccc23)c1. The molecule has 2 aromatic heterocycles. The maximum absolute atomic E-state index is 10.4. The highest BCUT2D eigenvalue weighted by Crippen LogP contribution is 2.38. The Morgan fingerprint density at radius 2 is 1.74 bits per heavy atom. The quantitative estimate of drug-likeness (QED) is 0.194. The summed E-state index contributed by atoms with van der Waals surface area (Å²) in [5.74, 6) is 2.22. The Kier molecular flexibility index (Phi) is 7.53. The molecular formula is C30H28N4O4S. The summed E-state index contributed by atoms with van der Waals surface area (Å²) < 4.78 is 11.6. The molecule has 0 amide bonds. The van der Waals surface area contributed by atoms with Crippen molar-refractivity contribution >= 4 is 34.3 Å². The average Bonchev–Trinajstić information content (AvgIpc) is 2.94. The highest BCUT2D eigenvalue weighted by molar-refractivity contribution is 7.99. The van der Waals surface area contributed by atoms with E-state index in [9.17, 15) is 10.2 Å². The first-order valence-electron chi connectivity index (χ1n) is 12.3. The molecule has 0 bridgehead atoms. The lowest BCUT2D eigenvalue weighted by atomic mass is 10.0. The lowest BCUT2D eigenvalue weighted by Crippen LogP contribution is -2.17. The van der Waals surface area contributed by atoms with Gasteiger partial charge in [0.1, 0.15) is 41.6 Å². The lowest BCUT2D eigenvalue weighted by Gasteiger charge is -2.18. The summed E-state index contributed by atoms with van der Waals surface area (Å²) in [6, 6.07) is 24.2. The number of phenolic OH excluding ortho intramolecular Hbond substituents is 1. The molecule has 8 nitrogen and oxygen atoms in total. The molecule has 0 aliphatic carbocycles. The fraction of sp³-hybridized carbons (Fsp3) is 0.167. The number of benzene rings is 3. The fourth-order valence-electron chi connectivity index (χ4n) is 3.92. The minimum atomic E-state index is -1.09. The zero-order valence-electron chi connectivity index (χ0n) is 21.8. The molecule has 9 heteroatoms. The first-order chi connectivity index (χ1) is 18.8. The van der Waals surface area contributed by atoms with Gasteiger partial charge in [-0.2, -0.15) is 0 Å². The largest absolute Gasteiger partial charge is 0.508 e. The van der Waals surface area contributed by atoms with Gasteiger partial charge in [-0.1, -0.05) is 30.0 Å². The van der Waals surface area contributed by atoms with Crippen molar-refractivity contribution in [2.24, 2.45) is 0 Å². The summed E-state index contributed by atoms with van der Waals surface area (Å²) in [4.78, 5) is 15.2. The number of hydrogen-bond acceptors (Lipinski definition) is 9. The second-order valence-corrected chi connectivity index (χ2v) is 10.4. The van der Waals surface area contributed by atoms with Gasteiger partial charge >= 0.3 is 0 Å². The standard InChI is InChI=1S/C30H28N4O4S/c1-30(2,36)27-15-13-23-28(31-18-32-29(23)34-27)33-24-16-21(38-17-19-6-4-5-7-25(19)37-3)10-14-26(24)39-22-11-8-20(35)9-12-22/h4-16,18,35-36H,17H2,1-3H3,(H,31,32,33,34).